The highest BCUT2D eigenvalue weighted by Crippen LogP contribution is 2.60. The van der Waals surface area contributed by atoms with Gasteiger partial charge in [0.15, 0.2) is 5.96 Å². The number of aromatic nitrogens is 1. The summed E-state index contributed by atoms with van der Waals surface area (Å²) >= 11 is 0. The molecule has 2 aromatic rings. The zero-order valence-corrected chi connectivity index (χ0v) is 16.4. The average molecular weight is 380 g/mol. The second kappa shape index (κ2) is 7.24. The SMILES string of the molecule is CN=C(NCc1coc(-c2ccccc2)n1)NC1C2CCOC2C12CCCC2. The fourth-order valence-corrected chi connectivity index (χ4v) is 5.52. The van der Waals surface area contributed by atoms with E-state index in [1.807, 2.05) is 37.4 Å². The summed E-state index contributed by atoms with van der Waals surface area (Å²) in [5, 5.41) is 7.13. The molecule has 0 amide bonds. The van der Waals surface area contributed by atoms with Gasteiger partial charge in [0.1, 0.15) is 6.26 Å². The van der Waals surface area contributed by atoms with Crippen LogP contribution < -0.4 is 10.6 Å². The highest BCUT2D eigenvalue weighted by Gasteiger charge is 2.65. The highest BCUT2D eigenvalue weighted by atomic mass is 16.5. The van der Waals surface area contributed by atoms with Crippen molar-refractivity contribution in [2.24, 2.45) is 16.3 Å². The van der Waals surface area contributed by atoms with Crippen molar-refractivity contribution in [3.8, 4) is 11.5 Å². The molecule has 3 aliphatic rings. The summed E-state index contributed by atoms with van der Waals surface area (Å²) in [5.74, 6) is 2.11. The van der Waals surface area contributed by atoms with Gasteiger partial charge < -0.3 is 19.8 Å². The van der Waals surface area contributed by atoms with Gasteiger partial charge in [-0.25, -0.2) is 4.98 Å². The number of nitrogens with zero attached hydrogens (tertiary/aromatic N) is 2. The van der Waals surface area contributed by atoms with Crippen LogP contribution in [-0.4, -0.2) is 36.7 Å². The van der Waals surface area contributed by atoms with Gasteiger partial charge in [0.2, 0.25) is 5.89 Å². The van der Waals surface area contributed by atoms with Crippen molar-refractivity contribution in [2.75, 3.05) is 13.7 Å². The van der Waals surface area contributed by atoms with E-state index in [0.717, 1.165) is 30.2 Å². The normalized spacial score (nSPS) is 28.2. The van der Waals surface area contributed by atoms with Crippen LogP contribution in [0.1, 0.15) is 37.8 Å². The lowest BCUT2D eigenvalue weighted by atomic mass is 9.54. The van der Waals surface area contributed by atoms with E-state index >= 15 is 0 Å². The molecule has 148 valence electrons. The Morgan fingerprint density at radius 3 is 2.86 bits per heavy atom. The van der Waals surface area contributed by atoms with E-state index in [0.29, 0.717) is 35.9 Å². The second-order valence-electron chi connectivity index (χ2n) is 8.24. The van der Waals surface area contributed by atoms with Crippen LogP contribution >= 0.6 is 0 Å². The maximum absolute atomic E-state index is 6.09. The average Bonchev–Trinajstić information content (AvgIpc) is 3.48. The Bertz CT molecular complexity index is 841. The Morgan fingerprint density at radius 2 is 2.07 bits per heavy atom. The van der Waals surface area contributed by atoms with Gasteiger partial charge in [-0.3, -0.25) is 4.99 Å². The lowest BCUT2D eigenvalue weighted by molar-refractivity contribution is -0.125. The molecule has 0 radical (unpaired) electrons. The first-order valence-corrected chi connectivity index (χ1v) is 10.4. The van der Waals surface area contributed by atoms with Gasteiger partial charge in [0.05, 0.1) is 18.3 Å². The Kier molecular flexibility index (Phi) is 4.59. The molecule has 6 nitrogen and oxygen atoms in total. The summed E-state index contributed by atoms with van der Waals surface area (Å²) in [5.41, 5.74) is 2.17. The van der Waals surface area contributed by atoms with Crippen molar-refractivity contribution in [1.82, 2.24) is 15.6 Å². The molecule has 1 aliphatic heterocycles. The maximum atomic E-state index is 6.09. The number of oxazole rings is 1. The molecule has 2 aliphatic carbocycles. The summed E-state index contributed by atoms with van der Waals surface area (Å²) < 4.78 is 11.7. The highest BCUT2D eigenvalue weighted by molar-refractivity contribution is 5.80. The first-order chi connectivity index (χ1) is 13.8. The Labute approximate surface area is 165 Å². The van der Waals surface area contributed by atoms with E-state index in [9.17, 15) is 0 Å². The summed E-state index contributed by atoms with van der Waals surface area (Å²) in [6, 6.07) is 10.4. The minimum absolute atomic E-state index is 0.313. The number of hydrogen-bond acceptors (Lipinski definition) is 4. The predicted octanol–water partition coefficient (Wildman–Crippen LogP) is 3.35. The number of ether oxygens (including phenoxy) is 1. The summed E-state index contributed by atoms with van der Waals surface area (Å²) in [6.07, 6.45) is 8.50. The number of nitrogens with one attached hydrogen (secondary N) is 2. The molecular weight excluding hydrogens is 352 g/mol. The predicted molar refractivity (Wildman–Crippen MR) is 108 cm³/mol. The summed E-state index contributed by atoms with van der Waals surface area (Å²) in [4.78, 5) is 9.05. The van der Waals surface area contributed by atoms with Crippen LogP contribution in [0.3, 0.4) is 0 Å². The van der Waals surface area contributed by atoms with Crippen LogP contribution in [0.15, 0.2) is 46.0 Å². The molecule has 2 N–H and O–H groups in total. The lowest BCUT2D eigenvalue weighted by Gasteiger charge is -2.57. The van der Waals surface area contributed by atoms with Crippen molar-refractivity contribution in [3.63, 3.8) is 0 Å². The monoisotopic (exact) mass is 380 g/mol. The van der Waals surface area contributed by atoms with Gasteiger partial charge in [0.25, 0.3) is 0 Å². The Hall–Kier alpha value is -2.34. The number of guanidine groups is 1. The number of aliphatic imine (C=N–C) groups is 1. The smallest absolute Gasteiger partial charge is 0.226 e. The van der Waals surface area contributed by atoms with E-state index < -0.39 is 0 Å². The first-order valence-electron chi connectivity index (χ1n) is 10.4. The molecule has 3 unspecified atom stereocenters. The molecule has 1 aromatic carbocycles. The molecule has 28 heavy (non-hydrogen) atoms. The molecule has 1 aromatic heterocycles. The molecule has 3 atom stereocenters. The van der Waals surface area contributed by atoms with Crippen molar-refractivity contribution < 1.29 is 9.15 Å². The van der Waals surface area contributed by atoms with Crippen LogP contribution in [0.4, 0.5) is 0 Å². The second-order valence-corrected chi connectivity index (χ2v) is 8.24. The van der Waals surface area contributed by atoms with Crippen LogP contribution in [0, 0.1) is 11.3 Å². The standard InChI is InChI=1S/C22H28N4O2/c1-23-21(24-13-16-14-28-20(25-16)15-7-3-2-4-8-15)26-18-17-9-12-27-19(17)22(18)10-5-6-11-22/h2-4,7-8,14,17-19H,5-6,9-13H2,1H3,(H2,23,24,26). The van der Waals surface area contributed by atoms with Gasteiger partial charge >= 0.3 is 0 Å². The maximum Gasteiger partial charge on any atom is 0.226 e. The van der Waals surface area contributed by atoms with Crippen molar-refractivity contribution >= 4 is 5.96 Å². The van der Waals surface area contributed by atoms with Gasteiger partial charge in [0, 0.05) is 36.6 Å². The minimum Gasteiger partial charge on any atom is -0.444 e. The molecule has 2 saturated carbocycles. The third-order valence-electron chi connectivity index (χ3n) is 6.81. The van der Waals surface area contributed by atoms with Gasteiger partial charge in [-0.1, -0.05) is 31.0 Å². The van der Waals surface area contributed by atoms with E-state index in [4.69, 9.17) is 9.15 Å². The molecule has 0 bridgehead atoms. The van der Waals surface area contributed by atoms with E-state index in [1.165, 1.54) is 25.7 Å². The Balaban J connectivity index is 1.22. The first kappa shape index (κ1) is 17.7. The van der Waals surface area contributed by atoms with Gasteiger partial charge in [-0.05, 0) is 31.4 Å². The summed E-state index contributed by atoms with van der Waals surface area (Å²) in [7, 11) is 1.83. The van der Waals surface area contributed by atoms with Crippen LogP contribution in [0.5, 0.6) is 0 Å². The fraction of sp³-hybridized carbons (Fsp3) is 0.545. The molecule has 3 fully saturated rings. The molecule has 1 saturated heterocycles. The molecular formula is C22H28N4O2. The lowest BCUT2D eigenvalue weighted by Crippen LogP contribution is -2.69. The zero-order valence-electron chi connectivity index (χ0n) is 16.4. The summed E-state index contributed by atoms with van der Waals surface area (Å²) in [6.45, 7) is 1.49. The molecule has 6 heteroatoms. The Morgan fingerprint density at radius 1 is 1.25 bits per heavy atom. The largest absolute Gasteiger partial charge is 0.444 e. The number of benzene rings is 1. The van der Waals surface area contributed by atoms with Crippen molar-refractivity contribution in [3.05, 3.63) is 42.3 Å². The van der Waals surface area contributed by atoms with E-state index in [2.05, 4.69) is 20.6 Å². The van der Waals surface area contributed by atoms with E-state index in [1.54, 1.807) is 6.26 Å². The zero-order chi connectivity index (χ0) is 19.0. The molecule has 2 heterocycles. The number of hydrogen-bond donors (Lipinski definition) is 2. The minimum atomic E-state index is 0.313. The van der Waals surface area contributed by atoms with Crippen LogP contribution in [0.2, 0.25) is 0 Å². The number of fused-ring (bicyclic) bond motifs is 2. The van der Waals surface area contributed by atoms with Gasteiger partial charge in [-0.2, -0.15) is 0 Å². The quantitative estimate of drug-likeness (QED) is 0.629. The van der Waals surface area contributed by atoms with Crippen LogP contribution in [0.25, 0.3) is 11.5 Å². The fourth-order valence-electron chi connectivity index (χ4n) is 5.52. The third-order valence-corrected chi connectivity index (χ3v) is 6.81. The number of rotatable bonds is 4. The van der Waals surface area contributed by atoms with Crippen molar-refractivity contribution in [1.29, 1.82) is 0 Å². The topological polar surface area (TPSA) is 71.7 Å². The molecule has 1 spiro atoms. The van der Waals surface area contributed by atoms with Crippen molar-refractivity contribution in [2.45, 2.75) is 50.8 Å². The van der Waals surface area contributed by atoms with Crippen LogP contribution in [-0.2, 0) is 11.3 Å². The van der Waals surface area contributed by atoms with E-state index in [-0.39, 0.29) is 0 Å². The molecule has 5 rings (SSSR count). The third kappa shape index (κ3) is 2.91. The van der Waals surface area contributed by atoms with Gasteiger partial charge in [-0.15, -0.1) is 0 Å².